The highest BCUT2D eigenvalue weighted by molar-refractivity contribution is 5.80. The second kappa shape index (κ2) is 5.33. The summed E-state index contributed by atoms with van der Waals surface area (Å²) in [7, 11) is 1.73. The first-order valence-corrected chi connectivity index (χ1v) is 7.16. The molecule has 0 spiro atoms. The number of hydrogen-bond donors (Lipinski definition) is 2. The summed E-state index contributed by atoms with van der Waals surface area (Å²) in [5, 5.41) is 12.7. The Labute approximate surface area is 123 Å². The molecule has 1 atom stereocenters. The molecule has 1 fully saturated rings. The number of rotatable bonds is 6. The molecule has 1 heterocycles. The van der Waals surface area contributed by atoms with Crippen molar-refractivity contribution >= 4 is 5.97 Å². The summed E-state index contributed by atoms with van der Waals surface area (Å²) >= 11 is 0. The van der Waals surface area contributed by atoms with Gasteiger partial charge in [0.15, 0.2) is 0 Å². The molecule has 110 valence electrons. The highest BCUT2D eigenvalue weighted by atomic mass is 16.4. The Morgan fingerprint density at radius 1 is 1.43 bits per heavy atom. The molecule has 1 saturated carbocycles. The van der Waals surface area contributed by atoms with Gasteiger partial charge in [0, 0.05) is 18.0 Å². The van der Waals surface area contributed by atoms with Crippen LogP contribution in [-0.2, 0) is 11.3 Å². The van der Waals surface area contributed by atoms with E-state index in [2.05, 4.69) is 10.3 Å². The van der Waals surface area contributed by atoms with E-state index in [9.17, 15) is 9.90 Å². The van der Waals surface area contributed by atoms with Crippen LogP contribution in [0.5, 0.6) is 0 Å². The van der Waals surface area contributed by atoms with Crippen LogP contribution in [0.2, 0.25) is 0 Å². The van der Waals surface area contributed by atoms with Crippen molar-refractivity contribution < 1.29 is 9.90 Å². The van der Waals surface area contributed by atoms with Gasteiger partial charge in [-0.1, -0.05) is 30.3 Å². The van der Waals surface area contributed by atoms with Gasteiger partial charge in [-0.25, -0.2) is 4.98 Å². The number of benzene rings is 1. The predicted octanol–water partition coefficient (Wildman–Crippen LogP) is 2.00. The molecule has 2 aromatic rings. The third-order valence-electron chi connectivity index (χ3n) is 4.27. The number of imidazole rings is 1. The molecular weight excluding hydrogens is 266 g/mol. The molecule has 21 heavy (non-hydrogen) atoms. The molecule has 3 rings (SSSR count). The van der Waals surface area contributed by atoms with E-state index >= 15 is 0 Å². The molecule has 0 saturated heterocycles. The molecule has 1 aromatic heterocycles. The van der Waals surface area contributed by atoms with Gasteiger partial charge in [-0.05, 0) is 25.8 Å². The van der Waals surface area contributed by atoms with Crippen LogP contribution in [0.1, 0.15) is 12.8 Å². The molecule has 0 radical (unpaired) electrons. The van der Waals surface area contributed by atoms with Crippen molar-refractivity contribution in [3.8, 4) is 11.4 Å². The number of aromatic nitrogens is 2. The number of likely N-dealkylation sites (N-methyl/N-ethyl adjacent to an activating group) is 1. The third-order valence-corrected chi connectivity index (χ3v) is 4.27. The van der Waals surface area contributed by atoms with Crippen molar-refractivity contribution in [3.63, 3.8) is 0 Å². The number of aliphatic carboxylic acids is 1. The molecule has 5 nitrogen and oxygen atoms in total. The number of hydrogen-bond acceptors (Lipinski definition) is 3. The zero-order chi connectivity index (χ0) is 14.9. The molecule has 1 aliphatic rings. The second-order valence-electron chi connectivity index (χ2n) is 5.55. The lowest BCUT2D eigenvalue weighted by atomic mass is 9.93. The van der Waals surface area contributed by atoms with Crippen LogP contribution in [0, 0.1) is 5.92 Å². The van der Waals surface area contributed by atoms with Gasteiger partial charge in [0.2, 0.25) is 0 Å². The number of carbonyl (C=O) groups is 1. The summed E-state index contributed by atoms with van der Waals surface area (Å²) in [6.45, 7) is 0.383. The van der Waals surface area contributed by atoms with Gasteiger partial charge in [-0.15, -0.1) is 0 Å². The zero-order valence-electron chi connectivity index (χ0n) is 12.0. The van der Waals surface area contributed by atoms with Gasteiger partial charge in [-0.3, -0.25) is 4.79 Å². The minimum Gasteiger partial charge on any atom is -0.480 e. The Balaban J connectivity index is 1.95. The van der Waals surface area contributed by atoms with Crippen LogP contribution in [0.25, 0.3) is 11.4 Å². The Bertz CT molecular complexity index is 634. The summed E-state index contributed by atoms with van der Waals surface area (Å²) in [6, 6.07) is 9.83. The van der Waals surface area contributed by atoms with E-state index in [1.54, 1.807) is 13.2 Å². The fraction of sp³-hybridized carbons (Fsp3) is 0.375. The predicted molar refractivity (Wildman–Crippen MR) is 79.8 cm³/mol. The molecule has 1 aliphatic carbocycles. The SMILES string of the molecule is CNC(Cn1ccnc1-c1ccccc1)(C(=O)O)C1CC1. The smallest absolute Gasteiger partial charge is 0.326 e. The fourth-order valence-corrected chi connectivity index (χ4v) is 2.89. The lowest BCUT2D eigenvalue weighted by Crippen LogP contribution is -2.55. The fourth-order valence-electron chi connectivity index (χ4n) is 2.89. The van der Waals surface area contributed by atoms with E-state index in [0.717, 1.165) is 24.2 Å². The molecule has 0 aliphatic heterocycles. The van der Waals surface area contributed by atoms with Crippen LogP contribution in [0.15, 0.2) is 42.7 Å². The summed E-state index contributed by atoms with van der Waals surface area (Å²) in [4.78, 5) is 16.2. The quantitative estimate of drug-likeness (QED) is 0.852. The average molecular weight is 285 g/mol. The molecule has 1 aromatic carbocycles. The van der Waals surface area contributed by atoms with Crippen molar-refractivity contribution in [1.29, 1.82) is 0 Å². The Morgan fingerprint density at radius 3 is 2.71 bits per heavy atom. The van der Waals surface area contributed by atoms with Crippen molar-refractivity contribution in [1.82, 2.24) is 14.9 Å². The van der Waals surface area contributed by atoms with Crippen molar-refractivity contribution in [2.45, 2.75) is 24.9 Å². The van der Waals surface area contributed by atoms with Gasteiger partial charge in [0.05, 0.1) is 6.54 Å². The van der Waals surface area contributed by atoms with Gasteiger partial charge in [0.1, 0.15) is 11.4 Å². The minimum absolute atomic E-state index is 0.186. The van der Waals surface area contributed by atoms with E-state index < -0.39 is 11.5 Å². The molecular formula is C16H19N3O2. The van der Waals surface area contributed by atoms with Crippen LogP contribution in [0.3, 0.4) is 0 Å². The Morgan fingerprint density at radius 2 is 2.14 bits per heavy atom. The zero-order valence-corrected chi connectivity index (χ0v) is 12.0. The van der Waals surface area contributed by atoms with Crippen molar-refractivity contribution in [2.75, 3.05) is 7.05 Å². The van der Waals surface area contributed by atoms with Gasteiger partial charge in [0.25, 0.3) is 0 Å². The number of carboxylic acids is 1. The Kier molecular flexibility index (Phi) is 3.51. The second-order valence-corrected chi connectivity index (χ2v) is 5.55. The highest BCUT2D eigenvalue weighted by Gasteiger charge is 2.50. The monoisotopic (exact) mass is 285 g/mol. The minimum atomic E-state index is -0.912. The molecule has 5 heteroatoms. The summed E-state index contributed by atoms with van der Waals surface area (Å²) in [5.41, 5.74) is 0.0817. The maximum absolute atomic E-state index is 11.8. The maximum Gasteiger partial charge on any atom is 0.326 e. The number of carboxylic acid groups (broad SMARTS) is 1. The van der Waals surface area contributed by atoms with Gasteiger partial charge >= 0.3 is 5.97 Å². The van der Waals surface area contributed by atoms with Crippen LogP contribution in [0.4, 0.5) is 0 Å². The van der Waals surface area contributed by atoms with E-state index in [-0.39, 0.29) is 5.92 Å². The largest absolute Gasteiger partial charge is 0.480 e. The van der Waals surface area contributed by atoms with Crippen LogP contribution in [-0.4, -0.2) is 33.2 Å². The van der Waals surface area contributed by atoms with E-state index in [1.165, 1.54) is 0 Å². The number of nitrogens with one attached hydrogen (secondary N) is 1. The summed E-state index contributed by atoms with van der Waals surface area (Å²) < 4.78 is 1.93. The summed E-state index contributed by atoms with van der Waals surface area (Å²) in [6.07, 6.45) is 5.49. The van der Waals surface area contributed by atoms with E-state index in [0.29, 0.717) is 6.54 Å². The van der Waals surface area contributed by atoms with Gasteiger partial charge < -0.3 is 15.0 Å². The van der Waals surface area contributed by atoms with Crippen molar-refractivity contribution in [3.05, 3.63) is 42.7 Å². The molecule has 0 bridgehead atoms. The lowest BCUT2D eigenvalue weighted by molar-refractivity contribution is -0.146. The van der Waals surface area contributed by atoms with E-state index in [1.807, 2.05) is 41.1 Å². The third kappa shape index (κ3) is 2.45. The van der Waals surface area contributed by atoms with Crippen LogP contribution < -0.4 is 5.32 Å². The Hall–Kier alpha value is -2.14. The number of nitrogens with zero attached hydrogens (tertiary/aromatic N) is 2. The first-order valence-electron chi connectivity index (χ1n) is 7.16. The van der Waals surface area contributed by atoms with Gasteiger partial charge in [-0.2, -0.15) is 0 Å². The normalized spacial score (nSPS) is 17.4. The van der Waals surface area contributed by atoms with E-state index in [4.69, 9.17) is 0 Å². The molecule has 2 N–H and O–H groups in total. The lowest BCUT2D eigenvalue weighted by Gasteiger charge is -2.30. The van der Waals surface area contributed by atoms with Crippen molar-refractivity contribution in [2.24, 2.45) is 5.92 Å². The molecule has 1 unspecified atom stereocenters. The topological polar surface area (TPSA) is 67.2 Å². The first kappa shape index (κ1) is 13.8. The maximum atomic E-state index is 11.8. The average Bonchev–Trinajstić information content (AvgIpc) is 3.25. The first-order chi connectivity index (χ1) is 10.2. The summed E-state index contributed by atoms with van der Waals surface area (Å²) in [5.74, 6) is 0.198. The molecule has 0 amide bonds. The van der Waals surface area contributed by atoms with Crippen LogP contribution >= 0.6 is 0 Å². The highest BCUT2D eigenvalue weighted by Crippen LogP contribution is 2.41. The standard InChI is InChI=1S/C16H19N3O2/c1-17-16(15(20)21,13-7-8-13)11-19-10-9-18-14(19)12-5-3-2-4-6-12/h2-6,9-10,13,17H,7-8,11H2,1H3,(H,20,21).